The Labute approximate surface area is 147 Å². The summed E-state index contributed by atoms with van der Waals surface area (Å²) in [6.07, 6.45) is 7.47. The highest BCUT2D eigenvalue weighted by Gasteiger charge is 2.18. The first-order chi connectivity index (χ1) is 12.2. The summed E-state index contributed by atoms with van der Waals surface area (Å²) < 4.78 is 6.85. The molecule has 1 saturated heterocycles. The van der Waals surface area contributed by atoms with E-state index in [0.29, 0.717) is 12.1 Å². The molecule has 6 nitrogen and oxygen atoms in total. The number of hydrogen-bond acceptors (Lipinski definition) is 4. The van der Waals surface area contributed by atoms with Gasteiger partial charge in [-0.1, -0.05) is 43.2 Å². The Bertz CT molecular complexity index is 704. The first-order valence-electron chi connectivity index (χ1n) is 8.73. The third-order valence-corrected chi connectivity index (χ3v) is 4.34. The lowest BCUT2D eigenvalue weighted by Crippen LogP contribution is -2.35. The Morgan fingerprint density at radius 3 is 2.48 bits per heavy atom. The Morgan fingerprint density at radius 1 is 1.04 bits per heavy atom. The van der Waals surface area contributed by atoms with Gasteiger partial charge < -0.3 is 9.64 Å². The van der Waals surface area contributed by atoms with Crippen LogP contribution in [0.5, 0.6) is 0 Å². The van der Waals surface area contributed by atoms with Gasteiger partial charge in [-0.05, 0) is 18.4 Å². The molecule has 1 fully saturated rings. The minimum absolute atomic E-state index is 0.119. The molecule has 25 heavy (non-hydrogen) atoms. The van der Waals surface area contributed by atoms with Crippen LogP contribution in [0, 0.1) is 0 Å². The van der Waals surface area contributed by atoms with E-state index in [2.05, 4.69) is 5.10 Å². The van der Waals surface area contributed by atoms with Crippen LogP contribution < -0.4 is 0 Å². The van der Waals surface area contributed by atoms with E-state index in [-0.39, 0.29) is 12.5 Å². The summed E-state index contributed by atoms with van der Waals surface area (Å²) in [5, 5.41) is 4.18. The van der Waals surface area contributed by atoms with Gasteiger partial charge in [-0.3, -0.25) is 9.48 Å². The Kier molecular flexibility index (Phi) is 5.82. The maximum Gasteiger partial charge on any atom is 0.341 e. The number of aromatic nitrogens is 2. The smallest absolute Gasteiger partial charge is 0.341 e. The van der Waals surface area contributed by atoms with Crippen LogP contribution in [-0.2, 0) is 16.1 Å². The number of ether oxygens (including phenoxy) is 1. The van der Waals surface area contributed by atoms with Crippen LogP contribution in [0.15, 0.2) is 42.7 Å². The molecule has 0 bridgehead atoms. The number of carbonyl (C=O) groups excluding carboxylic acids is 2. The predicted molar refractivity (Wildman–Crippen MR) is 93.1 cm³/mol. The standard InChI is InChI=1S/C19H23N3O3/c23-18(21-10-6-1-2-7-11-21)15-25-19(24)17-12-20-22(14-17)13-16-8-4-3-5-9-16/h3-5,8-9,12,14H,1-2,6-7,10-11,13,15H2. The lowest BCUT2D eigenvalue weighted by atomic mass is 10.2. The van der Waals surface area contributed by atoms with Crippen LogP contribution in [0.3, 0.4) is 0 Å². The largest absolute Gasteiger partial charge is 0.452 e. The molecule has 2 heterocycles. The molecular formula is C19H23N3O3. The molecule has 6 heteroatoms. The van der Waals surface area contributed by atoms with Crippen molar-refractivity contribution in [3.63, 3.8) is 0 Å². The molecule has 2 aromatic rings. The van der Waals surface area contributed by atoms with Crippen molar-refractivity contribution in [2.75, 3.05) is 19.7 Å². The third kappa shape index (κ3) is 4.92. The molecule has 132 valence electrons. The second kappa shape index (κ2) is 8.46. The van der Waals surface area contributed by atoms with Crippen LogP contribution in [0.4, 0.5) is 0 Å². The average molecular weight is 341 g/mol. The molecule has 0 spiro atoms. The first-order valence-corrected chi connectivity index (χ1v) is 8.73. The summed E-state index contributed by atoms with van der Waals surface area (Å²) in [6, 6.07) is 9.88. The van der Waals surface area contributed by atoms with E-state index < -0.39 is 5.97 Å². The highest BCUT2D eigenvalue weighted by atomic mass is 16.5. The predicted octanol–water partition coefficient (Wildman–Crippen LogP) is 2.49. The van der Waals surface area contributed by atoms with Crippen molar-refractivity contribution < 1.29 is 14.3 Å². The number of rotatable bonds is 5. The number of hydrogen-bond donors (Lipinski definition) is 0. The van der Waals surface area contributed by atoms with Crippen molar-refractivity contribution >= 4 is 11.9 Å². The van der Waals surface area contributed by atoms with Crippen LogP contribution in [-0.4, -0.2) is 46.3 Å². The molecule has 0 radical (unpaired) electrons. The number of benzene rings is 1. The fourth-order valence-corrected chi connectivity index (χ4v) is 2.95. The summed E-state index contributed by atoms with van der Waals surface area (Å²) >= 11 is 0. The van der Waals surface area contributed by atoms with Gasteiger partial charge in [0.2, 0.25) is 0 Å². The van der Waals surface area contributed by atoms with Crippen LogP contribution in [0.25, 0.3) is 0 Å². The lowest BCUT2D eigenvalue weighted by Gasteiger charge is -2.19. The lowest BCUT2D eigenvalue weighted by molar-refractivity contribution is -0.134. The second-order valence-electron chi connectivity index (χ2n) is 6.28. The zero-order valence-electron chi connectivity index (χ0n) is 14.3. The van der Waals surface area contributed by atoms with Gasteiger partial charge in [0, 0.05) is 19.3 Å². The van der Waals surface area contributed by atoms with E-state index in [4.69, 9.17) is 4.74 Å². The van der Waals surface area contributed by atoms with Gasteiger partial charge in [0.15, 0.2) is 6.61 Å². The summed E-state index contributed by atoms with van der Waals surface area (Å²) in [5.74, 6) is -0.630. The minimum atomic E-state index is -0.512. The average Bonchev–Trinajstić information content (AvgIpc) is 2.92. The quantitative estimate of drug-likeness (QED) is 0.784. The van der Waals surface area contributed by atoms with Gasteiger partial charge in [0.1, 0.15) is 0 Å². The molecule has 1 amide bonds. The van der Waals surface area contributed by atoms with E-state index >= 15 is 0 Å². The van der Waals surface area contributed by atoms with Gasteiger partial charge in [0.05, 0.1) is 18.3 Å². The van der Waals surface area contributed by atoms with Gasteiger partial charge in [-0.2, -0.15) is 5.10 Å². The van der Waals surface area contributed by atoms with Crippen molar-refractivity contribution in [1.29, 1.82) is 0 Å². The summed E-state index contributed by atoms with van der Waals surface area (Å²) in [6.45, 7) is 1.89. The summed E-state index contributed by atoms with van der Waals surface area (Å²) in [5.41, 5.74) is 1.46. The molecule has 0 N–H and O–H groups in total. The third-order valence-electron chi connectivity index (χ3n) is 4.34. The molecule has 0 atom stereocenters. The number of amides is 1. The molecule has 1 aromatic heterocycles. The van der Waals surface area contributed by atoms with Crippen LogP contribution in [0.2, 0.25) is 0 Å². The van der Waals surface area contributed by atoms with Crippen LogP contribution >= 0.6 is 0 Å². The maximum absolute atomic E-state index is 12.2. The van der Waals surface area contributed by atoms with Gasteiger partial charge in [-0.25, -0.2) is 4.79 Å². The second-order valence-corrected chi connectivity index (χ2v) is 6.28. The molecule has 1 aliphatic rings. The van der Waals surface area contributed by atoms with Crippen molar-refractivity contribution in [1.82, 2.24) is 14.7 Å². The van der Waals surface area contributed by atoms with Gasteiger partial charge >= 0.3 is 5.97 Å². The number of esters is 1. The van der Waals surface area contributed by atoms with Crippen molar-refractivity contribution in [3.05, 3.63) is 53.9 Å². The Balaban J connectivity index is 1.50. The minimum Gasteiger partial charge on any atom is -0.452 e. The fourth-order valence-electron chi connectivity index (χ4n) is 2.95. The number of nitrogens with zero attached hydrogens (tertiary/aromatic N) is 3. The maximum atomic E-state index is 12.2. The molecule has 0 unspecified atom stereocenters. The highest BCUT2D eigenvalue weighted by molar-refractivity contribution is 5.90. The molecular weight excluding hydrogens is 318 g/mol. The Hall–Kier alpha value is -2.63. The topological polar surface area (TPSA) is 64.4 Å². The van der Waals surface area contributed by atoms with Gasteiger partial charge in [0.25, 0.3) is 5.91 Å². The van der Waals surface area contributed by atoms with E-state index in [0.717, 1.165) is 44.3 Å². The number of likely N-dealkylation sites (tertiary alicyclic amines) is 1. The normalized spacial score (nSPS) is 14.8. The molecule has 0 aliphatic carbocycles. The first kappa shape index (κ1) is 17.2. The van der Waals surface area contributed by atoms with E-state index in [9.17, 15) is 9.59 Å². The van der Waals surface area contributed by atoms with E-state index in [1.54, 1.807) is 15.8 Å². The molecule has 0 saturated carbocycles. The molecule has 1 aliphatic heterocycles. The molecule has 3 rings (SSSR count). The zero-order chi connectivity index (χ0) is 17.5. The van der Waals surface area contributed by atoms with E-state index in [1.165, 1.54) is 6.20 Å². The molecule has 1 aromatic carbocycles. The van der Waals surface area contributed by atoms with E-state index in [1.807, 2.05) is 30.3 Å². The van der Waals surface area contributed by atoms with Crippen molar-refractivity contribution in [2.45, 2.75) is 32.2 Å². The zero-order valence-corrected chi connectivity index (χ0v) is 14.3. The number of carbonyl (C=O) groups is 2. The SMILES string of the molecule is O=C(OCC(=O)N1CCCCCC1)c1cnn(Cc2ccccc2)c1. The summed E-state index contributed by atoms with van der Waals surface area (Å²) in [7, 11) is 0. The van der Waals surface area contributed by atoms with Crippen molar-refractivity contribution in [2.24, 2.45) is 0 Å². The summed E-state index contributed by atoms with van der Waals surface area (Å²) in [4.78, 5) is 26.1. The Morgan fingerprint density at radius 2 is 1.76 bits per heavy atom. The fraction of sp³-hybridized carbons (Fsp3) is 0.421. The van der Waals surface area contributed by atoms with Crippen LogP contribution in [0.1, 0.15) is 41.6 Å². The van der Waals surface area contributed by atoms with Crippen molar-refractivity contribution in [3.8, 4) is 0 Å². The monoisotopic (exact) mass is 341 g/mol. The highest BCUT2D eigenvalue weighted by Crippen LogP contribution is 2.10. The van der Waals surface area contributed by atoms with Gasteiger partial charge in [-0.15, -0.1) is 0 Å².